The molecule has 0 bridgehead atoms. The fourth-order valence-corrected chi connectivity index (χ4v) is 3.70. The number of hydrogen-bond donors (Lipinski definition) is 0. The van der Waals surface area contributed by atoms with Crippen molar-refractivity contribution in [2.45, 2.75) is 13.8 Å². The van der Waals surface area contributed by atoms with Crippen molar-refractivity contribution < 1.29 is 14.3 Å². The van der Waals surface area contributed by atoms with E-state index in [0.29, 0.717) is 21.9 Å². The predicted molar refractivity (Wildman–Crippen MR) is 99.7 cm³/mol. The zero-order valence-electron chi connectivity index (χ0n) is 14.9. The van der Waals surface area contributed by atoms with Crippen LogP contribution in [-0.2, 0) is 7.05 Å². The average molecular weight is 356 g/mol. The summed E-state index contributed by atoms with van der Waals surface area (Å²) in [7, 11) is 5.10. The Bertz CT molecular complexity index is 1030. The van der Waals surface area contributed by atoms with Gasteiger partial charge in [-0.2, -0.15) is 4.99 Å². The van der Waals surface area contributed by atoms with E-state index in [2.05, 4.69) is 4.99 Å². The third-order valence-electron chi connectivity index (χ3n) is 4.14. The van der Waals surface area contributed by atoms with E-state index in [1.165, 1.54) is 11.3 Å². The van der Waals surface area contributed by atoms with Crippen molar-refractivity contribution in [3.8, 4) is 11.5 Å². The molecule has 130 valence electrons. The van der Waals surface area contributed by atoms with E-state index < -0.39 is 0 Å². The monoisotopic (exact) mass is 356 g/mol. The van der Waals surface area contributed by atoms with Crippen molar-refractivity contribution in [3.05, 3.63) is 51.8 Å². The van der Waals surface area contributed by atoms with Gasteiger partial charge in [0.2, 0.25) is 0 Å². The van der Waals surface area contributed by atoms with Gasteiger partial charge in [0, 0.05) is 24.7 Å². The van der Waals surface area contributed by atoms with Crippen molar-refractivity contribution in [2.24, 2.45) is 12.0 Å². The largest absolute Gasteiger partial charge is 0.493 e. The third kappa shape index (κ3) is 3.17. The van der Waals surface area contributed by atoms with E-state index in [0.717, 1.165) is 21.3 Å². The van der Waals surface area contributed by atoms with Crippen molar-refractivity contribution in [3.63, 3.8) is 0 Å². The normalized spacial score (nSPS) is 11.8. The number of fused-ring (bicyclic) bond motifs is 1. The fourth-order valence-electron chi connectivity index (χ4n) is 2.67. The summed E-state index contributed by atoms with van der Waals surface area (Å²) in [4.78, 5) is 17.6. The lowest BCUT2D eigenvalue weighted by atomic mass is 10.1. The molecule has 2 aromatic carbocycles. The Labute approximate surface area is 150 Å². The summed E-state index contributed by atoms with van der Waals surface area (Å²) >= 11 is 1.45. The van der Waals surface area contributed by atoms with Crippen LogP contribution in [0, 0.1) is 13.8 Å². The van der Waals surface area contributed by atoms with E-state index in [-0.39, 0.29) is 5.91 Å². The lowest BCUT2D eigenvalue weighted by Gasteiger charge is -2.07. The van der Waals surface area contributed by atoms with Crippen molar-refractivity contribution in [1.82, 2.24) is 4.57 Å². The second-order valence-corrected chi connectivity index (χ2v) is 6.86. The molecule has 25 heavy (non-hydrogen) atoms. The molecule has 0 aliphatic carbocycles. The van der Waals surface area contributed by atoms with Gasteiger partial charge in [0.25, 0.3) is 5.91 Å². The first-order valence-corrected chi connectivity index (χ1v) is 8.64. The number of amides is 1. The lowest BCUT2D eigenvalue weighted by molar-refractivity contribution is 0.0997. The van der Waals surface area contributed by atoms with Crippen LogP contribution in [0.2, 0.25) is 0 Å². The summed E-state index contributed by atoms with van der Waals surface area (Å²) in [5, 5.41) is 0. The molecule has 5 nitrogen and oxygen atoms in total. The van der Waals surface area contributed by atoms with Crippen LogP contribution in [0.3, 0.4) is 0 Å². The highest BCUT2D eigenvalue weighted by molar-refractivity contribution is 7.16. The van der Waals surface area contributed by atoms with Crippen LogP contribution < -0.4 is 14.3 Å². The van der Waals surface area contributed by atoms with E-state index >= 15 is 0 Å². The quantitative estimate of drug-likeness (QED) is 0.720. The second kappa shape index (κ2) is 6.72. The number of rotatable bonds is 3. The molecule has 1 aromatic heterocycles. The minimum atomic E-state index is -0.234. The molecule has 0 aliphatic rings. The molecule has 0 atom stereocenters. The number of carbonyl (C=O) groups is 1. The molecule has 0 saturated carbocycles. The Kier molecular flexibility index (Phi) is 4.63. The van der Waals surface area contributed by atoms with Crippen molar-refractivity contribution >= 4 is 27.5 Å². The maximum Gasteiger partial charge on any atom is 0.279 e. The number of methoxy groups -OCH3 is 2. The number of nitrogens with zero attached hydrogens (tertiary/aromatic N) is 2. The van der Waals surface area contributed by atoms with Crippen molar-refractivity contribution in [2.75, 3.05) is 14.2 Å². The first kappa shape index (κ1) is 17.2. The van der Waals surface area contributed by atoms with Crippen LogP contribution in [0.5, 0.6) is 11.5 Å². The minimum Gasteiger partial charge on any atom is -0.493 e. The molecule has 0 radical (unpaired) electrons. The topological polar surface area (TPSA) is 52.8 Å². The van der Waals surface area contributed by atoms with Crippen LogP contribution in [0.4, 0.5) is 0 Å². The van der Waals surface area contributed by atoms with Gasteiger partial charge < -0.3 is 14.0 Å². The first-order chi connectivity index (χ1) is 11.9. The predicted octanol–water partition coefficient (Wildman–Crippen LogP) is 3.61. The maximum atomic E-state index is 12.6. The molecule has 3 rings (SSSR count). The van der Waals surface area contributed by atoms with Gasteiger partial charge in [0.05, 0.1) is 24.4 Å². The van der Waals surface area contributed by atoms with Gasteiger partial charge in [-0.05, 0) is 25.5 Å². The molecular weight excluding hydrogens is 336 g/mol. The van der Waals surface area contributed by atoms with Gasteiger partial charge in [0.15, 0.2) is 16.3 Å². The van der Waals surface area contributed by atoms with Gasteiger partial charge in [-0.25, -0.2) is 0 Å². The highest BCUT2D eigenvalue weighted by Crippen LogP contribution is 2.33. The molecule has 0 spiro atoms. The van der Waals surface area contributed by atoms with Gasteiger partial charge in [-0.1, -0.05) is 29.0 Å². The van der Waals surface area contributed by atoms with Gasteiger partial charge in [0.1, 0.15) is 0 Å². The minimum absolute atomic E-state index is 0.234. The number of ether oxygens (including phenoxy) is 2. The molecule has 0 N–H and O–H groups in total. The summed E-state index contributed by atoms with van der Waals surface area (Å²) in [6.45, 7) is 3.89. The number of aryl methyl sites for hydroxylation is 3. The highest BCUT2D eigenvalue weighted by atomic mass is 32.1. The number of benzene rings is 2. The SMILES string of the molecule is COc1cc2sc(=NC(=O)c3cc(C)ccc3C)n(C)c2cc1OC. The Morgan fingerprint density at radius 1 is 1.08 bits per heavy atom. The zero-order chi connectivity index (χ0) is 18.1. The van der Waals surface area contributed by atoms with E-state index in [1.807, 2.05) is 55.8 Å². The Morgan fingerprint density at radius 2 is 1.76 bits per heavy atom. The van der Waals surface area contributed by atoms with Crippen LogP contribution in [-0.4, -0.2) is 24.7 Å². The molecule has 6 heteroatoms. The van der Waals surface area contributed by atoms with Crippen LogP contribution in [0.1, 0.15) is 21.5 Å². The lowest BCUT2D eigenvalue weighted by Crippen LogP contribution is -2.14. The van der Waals surface area contributed by atoms with Crippen LogP contribution >= 0.6 is 11.3 Å². The average Bonchev–Trinajstić information content (AvgIpc) is 2.90. The highest BCUT2D eigenvalue weighted by Gasteiger charge is 2.13. The molecule has 1 heterocycles. The van der Waals surface area contributed by atoms with E-state index in [9.17, 15) is 4.79 Å². The summed E-state index contributed by atoms with van der Waals surface area (Å²) in [6, 6.07) is 9.61. The Balaban J connectivity index is 2.15. The van der Waals surface area contributed by atoms with Crippen LogP contribution in [0.25, 0.3) is 10.2 Å². The number of hydrogen-bond acceptors (Lipinski definition) is 4. The first-order valence-electron chi connectivity index (χ1n) is 7.82. The summed E-state index contributed by atoms with van der Waals surface area (Å²) in [6.07, 6.45) is 0. The second-order valence-electron chi connectivity index (χ2n) is 5.85. The molecular formula is C19H20N2O3S. The fraction of sp³-hybridized carbons (Fsp3) is 0.263. The van der Waals surface area contributed by atoms with Crippen molar-refractivity contribution in [1.29, 1.82) is 0 Å². The summed E-state index contributed by atoms with van der Waals surface area (Å²) in [5.41, 5.74) is 3.54. The van der Waals surface area contributed by atoms with Crippen LogP contribution in [0.15, 0.2) is 35.3 Å². The standard InChI is InChI=1S/C19H20N2O3S/c1-11-6-7-12(2)13(8-11)18(22)20-19-21(3)14-9-15(23-4)16(24-5)10-17(14)25-19/h6-10H,1-5H3. The smallest absolute Gasteiger partial charge is 0.279 e. The molecule has 0 aliphatic heterocycles. The zero-order valence-corrected chi connectivity index (χ0v) is 15.7. The van der Waals surface area contributed by atoms with E-state index in [1.54, 1.807) is 14.2 Å². The molecule has 1 amide bonds. The Hall–Kier alpha value is -2.60. The maximum absolute atomic E-state index is 12.6. The molecule has 3 aromatic rings. The third-order valence-corrected chi connectivity index (χ3v) is 5.23. The molecule has 0 saturated heterocycles. The Morgan fingerprint density at radius 3 is 2.44 bits per heavy atom. The summed E-state index contributed by atoms with van der Waals surface area (Å²) in [5.74, 6) is 1.07. The number of thiazole rings is 1. The number of aromatic nitrogens is 1. The van der Waals surface area contributed by atoms with Gasteiger partial charge in [-0.3, -0.25) is 4.79 Å². The summed E-state index contributed by atoms with van der Waals surface area (Å²) < 4.78 is 13.6. The molecule has 0 fully saturated rings. The number of carbonyl (C=O) groups excluding carboxylic acids is 1. The van der Waals surface area contributed by atoms with Gasteiger partial charge in [-0.15, -0.1) is 0 Å². The van der Waals surface area contributed by atoms with Gasteiger partial charge >= 0.3 is 0 Å². The molecule has 0 unspecified atom stereocenters. The van der Waals surface area contributed by atoms with E-state index in [4.69, 9.17) is 9.47 Å².